The average molecular weight is 288 g/mol. The summed E-state index contributed by atoms with van der Waals surface area (Å²) < 4.78 is 12.3. The highest BCUT2D eigenvalue weighted by Gasteiger charge is 2.52. The zero-order valence-corrected chi connectivity index (χ0v) is 13.5. The molecule has 3 rings (SSSR count). The zero-order valence-electron chi connectivity index (χ0n) is 13.5. The second-order valence-electron chi connectivity index (χ2n) is 7.18. The minimum absolute atomic E-state index is 0.321. The number of anilines is 1. The van der Waals surface area contributed by atoms with Crippen LogP contribution >= 0.6 is 0 Å². The fourth-order valence-corrected chi connectivity index (χ4v) is 2.99. The van der Waals surface area contributed by atoms with Gasteiger partial charge in [-0.3, -0.25) is 4.98 Å². The summed E-state index contributed by atoms with van der Waals surface area (Å²) in [7, 11) is -0.354. The lowest BCUT2D eigenvalue weighted by Gasteiger charge is -2.32. The van der Waals surface area contributed by atoms with Crippen LogP contribution in [0.1, 0.15) is 53.4 Å². The van der Waals surface area contributed by atoms with Crippen molar-refractivity contribution < 1.29 is 9.31 Å². The molecule has 2 fully saturated rings. The largest absolute Gasteiger partial charge is 0.498 e. The number of aromatic nitrogens is 1. The third kappa shape index (κ3) is 2.81. The van der Waals surface area contributed by atoms with Gasteiger partial charge in [0.1, 0.15) is 0 Å². The van der Waals surface area contributed by atoms with Gasteiger partial charge in [0.2, 0.25) is 0 Å². The van der Waals surface area contributed by atoms with Crippen LogP contribution in [0.2, 0.25) is 0 Å². The molecule has 0 amide bonds. The van der Waals surface area contributed by atoms with Crippen LogP contribution in [0.25, 0.3) is 0 Å². The van der Waals surface area contributed by atoms with Crippen molar-refractivity contribution in [3.05, 3.63) is 18.5 Å². The van der Waals surface area contributed by atoms with Crippen LogP contribution in [0, 0.1) is 0 Å². The third-order valence-electron chi connectivity index (χ3n) is 5.07. The molecule has 1 aromatic rings. The highest BCUT2D eigenvalue weighted by molar-refractivity contribution is 6.63. The van der Waals surface area contributed by atoms with E-state index in [-0.39, 0.29) is 18.3 Å². The molecule has 0 spiro atoms. The van der Waals surface area contributed by atoms with E-state index in [9.17, 15) is 0 Å². The van der Waals surface area contributed by atoms with Crippen molar-refractivity contribution in [1.82, 2.24) is 4.98 Å². The van der Waals surface area contributed by atoms with Gasteiger partial charge in [0, 0.05) is 29.6 Å². The Bertz CT molecular complexity index is 497. The number of nitrogens with zero attached hydrogens (tertiary/aromatic N) is 1. The summed E-state index contributed by atoms with van der Waals surface area (Å²) in [6, 6.07) is 2.59. The Morgan fingerprint density at radius 2 is 1.76 bits per heavy atom. The lowest BCUT2D eigenvalue weighted by molar-refractivity contribution is 0.00578. The lowest BCUT2D eigenvalue weighted by atomic mass is 9.79. The molecule has 114 valence electrons. The van der Waals surface area contributed by atoms with Crippen LogP contribution < -0.4 is 10.8 Å². The van der Waals surface area contributed by atoms with Gasteiger partial charge in [0.25, 0.3) is 0 Å². The van der Waals surface area contributed by atoms with E-state index in [0.717, 1.165) is 11.2 Å². The van der Waals surface area contributed by atoms with Crippen molar-refractivity contribution in [3.63, 3.8) is 0 Å². The SMILES string of the molecule is CC1(C)OB(c2cnccc2NC2CCCC2)OC1(C)C. The molecule has 0 unspecified atom stereocenters. The summed E-state index contributed by atoms with van der Waals surface area (Å²) >= 11 is 0. The number of hydrogen-bond acceptors (Lipinski definition) is 4. The summed E-state index contributed by atoms with van der Waals surface area (Å²) in [5, 5.41) is 3.64. The predicted molar refractivity (Wildman–Crippen MR) is 85.8 cm³/mol. The summed E-state index contributed by atoms with van der Waals surface area (Å²) in [6.45, 7) is 8.31. The van der Waals surface area contributed by atoms with Gasteiger partial charge in [-0.25, -0.2) is 0 Å². The van der Waals surface area contributed by atoms with E-state index < -0.39 is 0 Å². The molecule has 5 heteroatoms. The second kappa shape index (κ2) is 5.29. The number of hydrogen-bond donors (Lipinski definition) is 1. The van der Waals surface area contributed by atoms with Crippen LogP contribution in [0.3, 0.4) is 0 Å². The molecule has 1 saturated carbocycles. The summed E-state index contributed by atoms with van der Waals surface area (Å²) in [5.74, 6) is 0. The predicted octanol–water partition coefficient (Wildman–Crippen LogP) is 2.74. The molecule has 1 saturated heterocycles. The van der Waals surface area contributed by atoms with Crippen molar-refractivity contribution >= 4 is 18.3 Å². The van der Waals surface area contributed by atoms with Crippen LogP contribution in [0.4, 0.5) is 5.69 Å². The van der Waals surface area contributed by atoms with Gasteiger partial charge >= 0.3 is 7.12 Å². The summed E-state index contributed by atoms with van der Waals surface area (Å²) in [6.07, 6.45) is 8.80. The molecule has 1 aliphatic heterocycles. The molecule has 0 aromatic carbocycles. The second-order valence-corrected chi connectivity index (χ2v) is 7.18. The first-order valence-electron chi connectivity index (χ1n) is 7.95. The van der Waals surface area contributed by atoms with Crippen molar-refractivity contribution in [3.8, 4) is 0 Å². The number of nitrogens with one attached hydrogen (secondary N) is 1. The average Bonchev–Trinajstić information content (AvgIpc) is 2.97. The van der Waals surface area contributed by atoms with Gasteiger partial charge < -0.3 is 14.6 Å². The quantitative estimate of drug-likeness (QED) is 0.869. The Morgan fingerprint density at radius 3 is 2.38 bits per heavy atom. The van der Waals surface area contributed by atoms with E-state index in [2.05, 4.69) is 38.0 Å². The Labute approximate surface area is 127 Å². The smallest absolute Gasteiger partial charge is 0.399 e. The molecule has 21 heavy (non-hydrogen) atoms. The monoisotopic (exact) mass is 288 g/mol. The maximum absolute atomic E-state index is 6.15. The standard InChI is InChI=1S/C16H25BN2O2/c1-15(2)16(3,4)21-17(20-15)13-11-18-10-9-14(13)19-12-7-5-6-8-12/h9-12H,5-8H2,1-4H3,(H,18,19). The molecule has 2 aliphatic rings. The van der Waals surface area contributed by atoms with Gasteiger partial charge in [-0.1, -0.05) is 12.8 Å². The third-order valence-corrected chi connectivity index (χ3v) is 5.07. The number of pyridine rings is 1. The van der Waals surface area contributed by atoms with Gasteiger partial charge in [0.15, 0.2) is 0 Å². The summed E-state index contributed by atoms with van der Waals surface area (Å²) in [5.41, 5.74) is 1.45. The molecule has 1 aromatic heterocycles. The van der Waals surface area contributed by atoms with Crippen molar-refractivity contribution in [2.75, 3.05) is 5.32 Å². The Morgan fingerprint density at radius 1 is 1.14 bits per heavy atom. The first-order chi connectivity index (χ1) is 9.89. The molecule has 1 N–H and O–H groups in total. The van der Waals surface area contributed by atoms with Crippen LogP contribution in [0.15, 0.2) is 18.5 Å². The van der Waals surface area contributed by atoms with E-state index in [1.165, 1.54) is 25.7 Å². The Kier molecular flexibility index (Phi) is 3.74. The van der Waals surface area contributed by atoms with E-state index in [4.69, 9.17) is 9.31 Å². The van der Waals surface area contributed by atoms with Gasteiger partial charge in [-0.15, -0.1) is 0 Å². The lowest BCUT2D eigenvalue weighted by Crippen LogP contribution is -2.41. The van der Waals surface area contributed by atoms with Gasteiger partial charge in [0.05, 0.1) is 11.2 Å². The minimum Gasteiger partial charge on any atom is -0.399 e. The van der Waals surface area contributed by atoms with Crippen LogP contribution in [0.5, 0.6) is 0 Å². The van der Waals surface area contributed by atoms with Crippen molar-refractivity contribution in [2.24, 2.45) is 0 Å². The minimum atomic E-state index is -0.354. The first kappa shape index (κ1) is 14.9. The normalized spacial score (nSPS) is 24.5. The maximum Gasteiger partial charge on any atom is 0.498 e. The zero-order chi connectivity index (χ0) is 15.1. The molecule has 0 atom stereocenters. The van der Waals surface area contributed by atoms with Gasteiger partial charge in [-0.2, -0.15) is 0 Å². The van der Waals surface area contributed by atoms with E-state index in [1.807, 2.05) is 18.5 Å². The van der Waals surface area contributed by atoms with Crippen molar-refractivity contribution in [2.45, 2.75) is 70.6 Å². The molecular weight excluding hydrogens is 263 g/mol. The van der Waals surface area contributed by atoms with Crippen LogP contribution in [-0.4, -0.2) is 29.3 Å². The molecule has 0 bridgehead atoms. The van der Waals surface area contributed by atoms with E-state index in [0.29, 0.717) is 6.04 Å². The fourth-order valence-electron chi connectivity index (χ4n) is 2.99. The molecule has 4 nitrogen and oxygen atoms in total. The van der Waals surface area contributed by atoms with Crippen LogP contribution in [-0.2, 0) is 9.31 Å². The van der Waals surface area contributed by atoms with E-state index in [1.54, 1.807) is 0 Å². The maximum atomic E-state index is 6.15. The highest BCUT2D eigenvalue weighted by atomic mass is 16.7. The topological polar surface area (TPSA) is 43.4 Å². The molecule has 2 heterocycles. The van der Waals surface area contributed by atoms with Crippen molar-refractivity contribution in [1.29, 1.82) is 0 Å². The van der Waals surface area contributed by atoms with Gasteiger partial charge in [-0.05, 0) is 46.6 Å². The Balaban J connectivity index is 1.82. The van der Waals surface area contributed by atoms with E-state index >= 15 is 0 Å². The highest BCUT2D eigenvalue weighted by Crippen LogP contribution is 2.37. The number of rotatable bonds is 3. The summed E-state index contributed by atoms with van der Waals surface area (Å²) in [4.78, 5) is 4.26. The first-order valence-corrected chi connectivity index (χ1v) is 7.95. The molecule has 0 radical (unpaired) electrons. The Hall–Kier alpha value is -1.07. The molecular formula is C16H25BN2O2. The fraction of sp³-hybridized carbons (Fsp3) is 0.688. The molecule has 1 aliphatic carbocycles.